The molecule has 1 atom stereocenters. The van der Waals surface area contributed by atoms with E-state index in [1.165, 1.54) is 51.4 Å². The summed E-state index contributed by atoms with van der Waals surface area (Å²) < 4.78 is 0. The van der Waals surface area contributed by atoms with Gasteiger partial charge in [0.2, 0.25) is 0 Å². The van der Waals surface area contributed by atoms with Crippen LogP contribution in [0.25, 0.3) is 0 Å². The number of hydrogen-bond donors (Lipinski definition) is 0. The van der Waals surface area contributed by atoms with Crippen LogP contribution in [0.5, 0.6) is 0 Å². The van der Waals surface area contributed by atoms with Crippen LogP contribution in [-0.4, -0.2) is 0 Å². The average Bonchev–Trinajstić information content (AvgIpc) is 2.26. The molecule has 0 heteroatoms. The molecule has 0 saturated heterocycles. The predicted octanol–water partition coefficient (Wildman–Crippen LogP) is 5.67. The Hall–Kier alpha value is 0. The van der Waals surface area contributed by atoms with E-state index >= 15 is 0 Å². The van der Waals surface area contributed by atoms with Gasteiger partial charge in [0.15, 0.2) is 0 Å². The topological polar surface area (TPSA) is 0 Å². The first kappa shape index (κ1) is 14.1. The van der Waals surface area contributed by atoms with Crippen LogP contribution in [0.2, 0.25) is 0 Å². The predicted molar refractivity (Wildman–Crippen MR) is 73.6 cm³/mol. The van der Waals surface area contributed by atoms with E-state index in [0.29, 0.717) is 0 Å². The van der Waals surface area contributed by atoms with Gasteiger partial charge >= 0.3 is 0 Å². The Labute approximate surface area is 103 Å². The van der Waals surface area contributed by atoms with Crippen LogP contribution in [0, 0.1) is 23.7 Å². The van der Waals surface area contributed by atoms with Gasteiger partial charge in [0.1, 0.15) is 0 Å². The Bertz CT molecular complexity index is 163. The molecule has 1 fully saturated rings. The fourth-order valence-electron chi connectivity index (χ4n) is 3.30. The second-order valence-electron chi connectivity index (χ2n) is 6.47. The fourth-order valence-corrected chi connectivity index (χ4v) is 3.30. The van der Waals surface area contributed by atoms with E-state index in [9.17, 15) is 0 Å². The average molecular weight is 224 g/mol. The van der Waals surface area contributed by atoms with Gasteiger partial charge in [0.05, 0.1) is 0 Å². The van der Waals surface area contributed by atoms with Gasteiger partial charge in [-0.3, -0.25) is 0 Å². The molecule has 1 aliphatic rings. The molecule has 0 aromatic carbocycles. The summed E-state index contributed by atoms with van der Waals surface area (Å²) >= 11 is 0. The molecule has 0 spiro atoms. The molecule has 0 heterocycles. The molecule has 1 saturated carbocycles. The Balaban J connectivity index is 2.10. The molecule has 0 bridgehead atoms. The highest BCUT2D eigenvalue weighted by Gasteiger charge is 2.18. The highest BCUT2D eigenvalue weighted by molar-refractivity contribution is 4.71. The van der Waals surface area contributed by atoms with E-state index in [0.717, 1.165) is 23.7 Å². The molecule has 1 rings (SSSR count). The van der Waals surface area contributed by atoms with E-state index in [1.807, 2.05) is 0 Å². The van der Waals surface area contributed by atoms with Crippen molar-refractivity contribution < 1.29 is 0 Å². The van der Waals surface area contributed by atoms with Gasteiger partial charge in [-0.1, -0.05) is 79.1 Å². The molecule has 16 heavy (non-hydrogen) atoms. The third-order valence-corrected chi connectivity index (χ3v) is 4.79. The Morgan fingerprint density at radius 1 is 1.06 bits per heavy atom. The Morgan fingerprint density at radius 2 is 1.69 bits per heavy atom. The fraction of sp³-hybridized carbons (Fsp3) is 1.00. The van der Waals surface area contributed by atoms with Crippen molar-refractivity contribution in [2.24, 2.45) is 23.7 Å². The smallest absolute Gasteiger partial charge is 0.0394 e. The van der Waals surface area contributed by atoms with Gasteiger partial charge in [-0.25, -0.2) is 0 Å². The first-order chi connectivity index (χ1) is 7.63. The maximum Gasteiger partial charge on any atom is -0.0394 e. The van der Waals surface area contributed by atoms with Crippen molar-refractivity contribution in [3.63, 3.8) is 0 Å². The van der Waals surface area contributed by atoms with Crippen molar-refractivity contribution in [1.29, 1.82) is 0 Å². The monoisotopic (exact) mass is 224 g/mol. The van der Waals surface area contributed by atoms with Gasteiger partial charge in [-0.05, 0) is 23.7 Å². The standard InChI is InChI=1S/C16H32/c1-5-16(13(2)3)8-6-7-15-11-9-14(4)10-12-15/h13-16H,5-12H2,1-4H3. The second kappa shape index (κ2) is 7.35. The third kappa shape index (κ3) is 4.89. The summed E-state index contributed by atoms with van der Waals surface area (Å²) in [7, 11) is 0. The summed E-state index contributed by atoms with van der Waals surface area (Å²) in [6.07, 6.45) is 11.8. The third-order valence-electron chi connectivity index (χ3n) is 4.79. The SMILES string of the molecule is CCC(CCCC1CCC(C)CC1)C(C)C. The molecule has 0 aromatic rings. The Morgan fingerprint density at radius 3 is 2.19 bits per heavy atom. The highest BCUT2D eigenvalue weighted by atomic mass is 14.2. The first-order valence-electron chi connectivity index (χ1n) is 7.63. The zero-order valence-corrected chi connectivity index (χ0v) is 12.0. The van der Waals surface area contributed by atoms with Gasteiger partial charge in [-0.2, -0.15) is 0 Å². The number of hydrogen-bond acceptors (Lipinski definition) is 0. The highest BCUT2D eigenvalue weighted by Crippen LogP contribution is 2.32. The van der Waals surface area contributed by atoms with Crippen molar-refractivity contribution in [3.8, 4) is 0 Å². The van der Waals surface area contributed by atoms with Gasteiger partial charge in [0.25, 0.3) is 0 Å². The summed E-state index contributed by atoms with van der Waals surface area (Å²) in [5.41, 5.74) is 0. The van der Waals surface area contributed by atoms with E-state index in [1.54, 1.807) is 0 Å². The molecule has 0 amide bonds. The molecule has 1 aliphatic carbocycles. The molecule has 0 nitrogen and oxygen atoms in total. The first-order valence-corrected chi connectivity index (χ1v) is 7.63. The maximum absolute atomic E-state index is 2.42. The minimum absolute atomic E-state index is 0.886. The summed E-state index contributed by atoms with van der Waals surface area (Å²) in [4.78, 5) is 0. The molecule has 0 N–H and O–H groups in total. The molecule has 0 aliphatic heterocycles. The van der Waals surface area contributed by atoms with Crippen LogP contribution in [0.4, 0.5) is 0 Å². The summed E-state index contributed by atoms with van der Waals surface area (Å²) in [5.74, 6) is 3.94. The van der Waals surface area contributed by atoms with Crippen LogP contribution < -0.4 is 0 Å². The van der Waals surface area contributed by atoms with Crippen LogP contribution in [0.1, 0.15) is 79.1 Å². The molecule has 96 valence electrons. The minimum Gasteiger partial charge on any atom is -0.0651 e. The zero-order chi connectivity index (χ0) is 12.0. The minimum atomic E-state index is 0.886. The molecule has 1 unspecified atom stereocenters. The van der Waals surface area contributed by atoms with Crippen LogP contribution in [0.15, 0.2) is 0 Å². The number of rotatable bonds is 6. The van der Waals surface area contributed by atoms with E-state index in [-0.39, 0.29) is 0 Å². The maximum atomic E-state index is 2.42. The lowest BCUT2D eigenvalue weighted by Gasteiger charge is -2.27. The molecule has 0 radical (unpaired) electrons. The lowest BCUT2D eigenvalue weighted by atomic mass is 9.79. The van der Waals surface area contributed by atoms with Crippen LogP contribution in [-0.2, 0) is 0 Å². The molecular formula is C16H32. The largest absolute Gasteiger partial charge is 0.0651 e. The summed E-state index contributed by atoms with van der Waals surface area (Å²) in [5, 5.41) is 0. The summed E-state index contributed by atoms with van der Waals surface area (Å²) in [6, 6.07) is 0. The van der Waals surface area contributed by atoms with Crippen molar-refractivity contribution in [2.75, 3.05) is 0 Å². The van der Waals surface area contributed by atoms with Crippen molar-refractivity contribution >= 4 is 0 Å². The van der Waals surface area contributed by atoms with Crippen molar-refractivity contribution in [2.45, 2.75) is 79.1 Å². The van der Waals surface area contributed by atoms with E-state index < -0.39 is 0 Å². The van der Waals surface area contributed by atoms with E-state index in [4.69, 9.17) is 0 Å². The van der Waals surface area contributed by atoms with Crippen LogP contribution in [0.3, 0.4) is 0 Å². The van der Waals surface area contributed by atoms with E-state index in [2.05, 4.69) is 27.7 Å². The zero-order valence-electron chi connectivity index (χ0n) is 12.0. The van der Waals surface area contributed by atoms with Crippen molar-refractivity contribution in [1.82, 2.24) is 0 Å². The van der Waals surface area contributed by atoms with Crippen molar-refractivity contribution in [3.05, 3.63) is 0 Å². The quantitative estimate of drug-likeness (QED) is 0.545. The van der Waals surface area contributed by atoms with Crippen LogP contribution >= 0.6 is 0 Å². The van der Waals surface area contributed by atoms with Gasteiger partial charge in [-0.15, -0.1) is 0 Å². The Kier molecular flexibility index (Phi) is 6.46. The normalized spacial score (nSPS) is 28.3. The lowest BCUT2D eigenvalue weighted by Crippen LogP contribution is -2.13. The van der Waals surface area contributed by atoms with Gasteiger partial charge < -0.3 is 0 Å². The summed E-state index contributed by atoms with van der Waals surface area (Å²) in [6.45, 7) is 9.54. The molecular weight excluding hydrogens is 192 g/mol. The van der Waals surface area contributed by atoms with Gasteiger partial charge in [0, 0.05) is 0 Å². The molecule has 0 aromatic heterocycles. The lowest BCUT2D eigenvalue weighted by molar-refractivity contribution is 0.257. The second-order valence-corrected chi connectivity index (χ2v) is 6.47.